The van der Waals surface area contributed by atoms with Gasteiger partial charge in [-0.05, 0) is 33.6 Å². The maximum Gasteiger partial charge on any atom is 0.365 e. The summed E-state index contributed by atoms with van der Waals surface area (Å²) in [5.41, 5.74) is 6.95. The van der Waals surface area contributed by atoms with Crippen LogP contribution in [0, 0.1) is 0 Å². The molecule has 116 valence electrons. The molecule has 0 spiro atoms. The molecule has 0 saturated heterocycles. The van der Waals surface area contributed by atoms with E-state index >= 15 is 0 Å². The van der Waals surface area contributed by atoms with Crippen LogP contribution in [0.25, 0.3) is 0 Å². The number of carbonyl (C=O) groups excluding carboxylic acids is 1. The third-order valence-electron chi connectivity index (χ3n) is 3.21. The molecule has 0 saturated carbocycles. The Labute approximate surface area is 136 Å². The Morgan fingerprint density at radius 3 is 2.30 bits per heavy atom. The van der Waals surface area contributed by atoms with Crippen LogP contribution in [0.1, 0.15) is 27.7 Å². The number of rotatable bonds is 4. The second kappa shape index (κ2) is 6.50. The molecular weight excluding hydrogens is 318 g/mol. The van der Waals surface area contributed by atoms with Gasteiger partial charge >= 0.3 is 5.97 Å². The van der Waals surface area contributed by atoms with Gasteiger partial charge in [0.2, 0.25) is 11.5 Å². The van der Waals surface area contributed by atoms with Crippen molar-refractivity contribution in [2.45, 2.75) is 6.10 Å². The molecule has 1 heterocycles. The second-order valence-corrected chi connectivity index (χ2v) is 5.18. The van der Waals surface area contributed by atoms with Crippen LogP contribution in [0.5, 0.6) is 0 Å². The van der Waals surface area contributed by atoms with Crippen LogP contribution in [0.3, 0.4) is 0 Å². The third kappa shape index (κ3) is 3.32. The van der Waals surface area contributed by atoms with Crippen LogP contribution in [0.15, 0.2) is 59.2 Å². The van der Waals surface area contributed by atoms with E-state index in [4.69, 9.17) is 22.1 Å². The van der Waals surface area contributed by atoms with Crippen LogP contribution in [0.2, 0.25) is 5.02 Å². The topological polar surface area (TPSA) is 91.2 Å². The van der Waals surface area contributed by atoms with Crippen LogP contribution in [0.4, 0.5) is 5.82 Å². The van der Waals surface area contributed by atoms with E-state index in [0.29, 0.717) is 5.02 Å². The van der Waals surface area contributed by atoms with E-state index in [1.807, 2.05) is 30.3 Å². The highest BCUT2D eigenvalue weighted by Gasteiger charge is 2.24. The SMILES string of the molecule is Nc1nonc1C(=O)OC(c1ccccc1)c1ccc(Cl)cc1. The van der Waals surface area contributed by atoms with Gasteiger partial charge in [-0.3, -0.25) is 0 Å². The Hall–Kier alpha value is -2.86. The van der Waals surface area contributed by atoms with Crippen LogP contribution in [-0.2, 0) is 4.74 Å². The van der Waals surface area contributed by atoms with Crippen molar-refractivity contribution in [1.82, 2.24) is 10.3 Å². The van der Waals surface area contributed by atoms with Crippen molar-refractivity contribution >= 4 is 23.4 Å². The van der Waals surface area contributed by atoms with E-state index in [9.17, 15) is 4.79 Å². The number of nitrogens with zero attached hydrogens (tertiary/aromatic N) is 2. The summed E-state index contributed by atoms with van der Waals surface area (Å²) in [6, 6.07) is 16.3. The summed E-state index contributed by atoms with van der Waals surface area (Å²) in [4.78, 5) is 12.3. The van der Waals surface area contributed by atoms with Crippen molar-refractivity contribution in [2.24, 2.45) is 0 Å². The zero-order chi connectivity index (χ0) is 16.2. The lowest BCUT2D eigenvalue weighted by atomic mass is 10.0. The Balaban J connectivity index is 1.94. The number of ether oxygens (including phenoxy) is 1. The lowest BCUT2D eigenvalue weighted by Crippen LogP contribution is -2.14. The molecule has 0 bridgehead atoms. The van der Waals surface area contributed by atoms with Gasteiger partial charge in [0.05, 0.1) is 0 Å². The van der Waals surface area contributed by atoms with Crippen LogP contribution >= 0.6 is 11.6 Å². The lowest BCUT2D eigenvalue weighted by molar-refractivity contribution is 0.0366. The Morgan fingerprint density at radius 1 is 1.04 bits per heavy atom. The first-order valence-electron chi connectivity index (χ1n) is 6.74. The van der Waals surface area contributed by atoms with Crippen molar-refractivity contribution in [1.29, 1.82) is 0 Å². The van der Waals surface area contributed by atoms with Gasteiger partial charge < -0.3 is 10.5 Å². The van der Waals surface area contributed by atoms with Gasteiger partial charge in [-0.2, -0.15) is 0 Å². The minimum atomic E-state index is -0.715. The van der Waals surface area contributed by atoms with E-state index in [2.05, 4.69) is 14.9 Å². The first-order chi connectivity index (χ1) is 11.1. The summed E-state index contributed by atoms with van der Waals surface area (Å²) >= 11 is 5.92. The summed E-state index contributed by atoms with van der Waals surface area (Å²) in [6.07, 6.45) is -0.628. The number of aromatic nitrogens is 2. The molecule has 6 nitrogen and oxygen atoms in total. The van der Waals surface area contributed by atoms with E-state index < -0.39 is 12.1 Å². The molecule has 0 amide bonds. The highest BCUT2D eigenvalue weighted by atomic mass is 35.5. The van der Waals surface area contributed by atoms with Crippen LogP contribution in [-0.4, -0.2) is 16.3 Å². The van der Waals surface area contributed by atoms with Crippen molar-refractivity contribution in [2.75, 3.05) is 5.73 Å². The van der Waals surface area contributed by atoms with Gasteiger partial charge in [0, 0.05) is 5.02 Å². The van der Waals surface area contributed by atoms with E-state index in [-0.39, 0.29) is 11.5 Å². The average Bonchev–Trinajstić information content (AvgIpc) is 3.00. The number of hydrogen-bond donors (Lipinski definition) is 1. The number of carbonyl (C=O) groups is 1. The van der Waals surface area contributed by atoms with Gasteiger partial charge in [-0.1, -0.05) is 54.1 Å². The number of hydrogen-bond acceptors (Lipinski definition) is 6. The molecule has 3 aromatic rings. The van der Waals surface area contributed by atoms with Crippen molar-refractivity contribution in [3.05, 3.63) is 76.4 Å². The van der Waals surface area contributed by atoms with E-state index in [1.54, 1.807) is 24.3 Å². The Bertz CT molecular complexity index is 803. The first-order valence-corrected chi connectivity index (χ1v) is 7.12. The molecule has 0 radical (unpaired) electrons. The van der Waals surface area contributed by atoms with Crippen molar-refractivity contribution in [3.63, 3.8) is 0 Å². The molecule has 7 heteroatoms. The molecule has 1 unspecified atom stereocenters. The maximum atomic E-state index is 12.3. The highest BCUT2D eigenvalue weighted by Crippen LogP contribution is 2.28. The molecule has 1 atom stereocenters. The number of nitrogens with two attached hydrogens (primary N) is 1. The molecule has 2 N–H and O–H groups in total. The molecule has 23 heavy (non-hydrogen) atoms. The van der Waals surface area contributed by atoms with E-state index in [1.165, 1.54) is 0 Å². The lowest BCUT2D eigenvalue weighted by Gasteiger charge is -2.18. The molecule has 0 fully saturated rings. The summed E-state index contributed by atoms with van der Waals surface area (Å²) in [5.74, 6) is -0.828. The summed E-state index contributed by atoms with van der Waals surface area (Å²) in [6.45, 7) is 0. The smallest absolute Gasteiger partial charge is 0.365 e. The van der Waals surface area contributed by atoms with Gasteiger partial charge in [-0.15, -0.1) is 0 Å². The third-order valence-corrected chi connectivity index (χ3v) is 3.46. The zero-order valence-corrected chi connectivity index (χ0v) is 12.6. The molecule has 0 aliphatic heterocycles. The Kier molecular flexibility index (Phi) is 4.25. The van der Waals surface area contributed by atoms with Gasteiger partial charge in [0.15, 0.2) is 6.10 Å². The van der Waals surface area contributed by atoms with Gasteiger partial charge in [0.1, 0.15) is 0 Å². The first kappa shape index (κ1) is 15.1. The number of nitrogen functional groups attached to an aromatic ring is 1. The van der Waals surface area contributed by atoms with Gasteiger partial charge in [0.25, 0.3) is 0 Å². The summed E-state index contributed by atoms with van der Waals surface area (Å²) < 4.78 is 10.00. The largest absolute Gasteiger partial charge is 0.448 e. The molecule has 0 aliphatic rings. The number of benzene rings is 2. The second-order valence-electron chi connectivity index (χ2n) is 4.75. The molecule has 0 aliphatic carbocycles. The molecule has 3 rings (SSSR count). The normalized spacial score (nSPS) is 11.9. The quantitative estimate of drug-likeness (QED) is 0.739. The minimum Gasteiger partial charge on any atom is -0.448 e. The summed E-state index contributed by atoms with van der Waals surface area (Å²) in [5, 5.41) is 7.43. The van der Waals surface area contributed by atoms with Crippen molar-refractivity contribution in [3.8, 4) is 0 Å². The fourth-order valence-corrected chi connectivity index (χ4v) is 2.22. The predicted molar refractivity (Wildman–Crippen MR) is 83.9 cm³/mol. The maximum absolute atomic E-state index is 12.3. The van der Waals surface area contributed by atoms with Crippen molar-refractivity contribution < 1.29 is 14.2 Å². The summed E-state index contributed by atoms with van der Waals surface area (Å²) in [7, 11) is 0. The van der Waals surface area contributed by atoms with E-state index in [0.717, 1.165) is 11.1 Å². The number of esters is 1. The standard InChI is InChI=1S/C16H12ClN3O3/c17-12-8-6-11(7-9-12)14(10-4-2-1-3-5-10)22-16(21)13-15(18)20-23-19-13/h1-9,14H,(H2,18,20). The predicted octanol–water partition coefficient (Wildman–Crippen LogP) is 3.25. The minimum absolute atomic E-state index is 0.113. The van der Waals surface area contributed by atoms with Crippen LogP contribution < -0.4 is 5.73 Å². The molecule has 2 aromatic carbocycles. The van der Waals surface area contributed by atoms with Gasteiger partial charge in [-0.25, -0.2) is 9.42 Å². The highest BCUT2D eigenvalue weighted by molar-refractivity contribution is 6.30. The molecule has 1 aromatic heterocycles. The fourth-order valence-electron chi connectivity index (χ4n) is 2.09. The number of halogens is 1. The molecular formula is C16H12ClN3O3. The monoisotopic (exact) mass is 329 g/mol. The fraction of sp³-hybridized carbons (Fsp3) is 0.0625. The average molecular weight is 330 g/mol. The Morgan fingerprint density at radius 2 is 1.70 bits per heavy atom. The number of anilines is 1. The zero-order valence-electron chi connectivity index (χ0n) is 11.8.